The number of nitrogens with one attached hydrogen (secondary N) is 2. The number of rotatable bonds is 5. The number of hydrogen-bond donors (Lipinski definition) is 2. The second-order valence-electron chi connectivity index (χ2n) is 3.92. The fraction of sp³-hybridized carbons (Fsp3) is 0.231. The van der Waals surface area contributed by atoms with Crippen molar-refractivity contribution in [2.75, 3.05) is 17.2 Å². The van der Waals surface area contributed by atoms with Crippen molar-refractivity contribution in [3.8, 4) is 0 Å². The lowest BCUT2D eigenvalue weighted by atomic mass is 10.3. The van der Waals surface area contributed by atoms with Crippen LogP contribution in [0.1, 0.15) is 13.3 Å². The van der Waals surface area contributed by atoms with Gasteiger partial charge in [-0.1, -0.05) is 13.0 Å². The van der Waals surface area contributed by atoms with Crippen LogP contribution in [-0.2, 0) is 0 Å². The van der Waals surface area contributed by atoms with Crippen LogP contribution in [0.4, 0.5) is 26.2 Å². The molecule has 100 valence electrons. The molecule has 0 amide bonds. The number of nitrogens with zero attached hydrogens (tertiary/aromatic N) is 2. The smallest absolute Gasteiger partial charge is 0.224 e. The highest BCUT2D eigenvalue weighted by atomic mass is 19.2. The molecule has 4 nitrogen and oxygen atoms in total. The summed E-state index contributed by atoms with van der Waals surface area (Å²) >= 11 is 0. The molecular weight excluding hydrogens is 250 g/mol. The van der Waals surface area contributed by atoms with Crippen LogP contribution >= 0.6 is 0 Å². The van der Waals surface area contributed by atoms with Crippen LogP contribution in [0, 0.1) is 11.6 Å². The summed E-state index contributed by atoms with van der Waals surface area (Å²) in [6, 6.07) is 5.52. The van der Waals surface area contributed by atoms with E-state index < -0.39 is 11.6 Å². The van der Waals surface area contributed by atoms with E-state index in [1.807, 2.05) is 6.92 Å². The van der Waals surface area contributed by atoms with Crippen molar-refractivity contribution < 1.29 is 8.78 Å². The van der Waals surface area contributed by atoms with Crippen molar-refractivity contribution in [1.82, 2.24) is 9.97 Å². The number of aromatic nitrogens is 2. The maximum absolute atomic E-state index is 13.5. The fourth-order valence-electron chi connectivity index (χ4n) is 1.49. The van der Waals surface area contributed by atoms with Crippen molar-refractivity contribution >= 4 is 17.5 Å². The van der Waals surface area contributed by atoms with Gasteiger partial charge in [-0.2, -0.15) is 4.98 Å². The van der Waals surface area contributed by atoms with Gasteiger partial charge >= 0.3 is 0 Å². The maximum Gasteiger partial charge on any atom is 0.224 e. The zero-order chi connectivity index (χ0) is 13.7. The van der Waals surface area contributed by atoms with E-state index in [0.717, 1.165) is 19.0 Å². The molecule has 0 aliphatic rings. The standard InChI is InChI=1S/C13H14F2N4/c1-2-7-16-13-17-8-6-11(19-13)18-10-5-3-4-9(14)12(10)15/h3-6,8H,2,7H2,1H3,(H2,16,17,18,19). The first-order chi connectivity index (χ1) is 9.20. The topological polar surface area (TPSA) is 49.8 Å². The van der Waals surface area contributed by atoms with Gasteiger partial charge in [-0.15, -0.1) is 0 Å². The van der Waals surface area contributed by atoms with E-state index in [1.165, 1.54) is 12.1 Å². The van der Waals surface area contributed by atoms with Crippen LogP contribution in [0.25, 0.3) is 0 Å². The minimum absolute atomic E-state index is 0.0418. The summed E-state index contributed by atoms with van der Waals surface area (Å²) in [5, 5.41) is 5.74. The third-order valence-corrected chi connectivity index (χ3v) is 2.40. The van der Waals surface area contributed by atoms with E-state index in [-0.39, 0.29) is 5.69 Å². The molecule has 0 aliphatic heterocycles. The van der Waals surface area contributed by atoms with Crippen LogP contribution in [-0.4, -0.2) is 16.5 Å². The highest BCUT2D eigenvalue weighted by Crippen LogP contribution is 2.20. The quantitative estimate of drug-likeness (QED) is 0.869. The maximum atomic E-state index is 13.5. The average Bonchev–Trinajstić information content (AvgIpc) is 2.42. The van der Waals surface area contributed by atoms with E-state index >= 15 is 0 Å². The molecule has 0 saturated carbocycles. The summed E-state index contributed by atoms with van der Waals surface area (Å²) in [6.45, 7) is 2.77. The molecule has 0 bridgehead atoms. The lowest BCUT2D eigenvalue weighted by Gasteiger charge is -2.08. The molecule has 2 rings (SSSR count). The summed E-state index contributed by atoms with van der Waals surface area (Å²) in [7, 11) is 0. The Labute approximate surface area is 109 Å². The molecule has 0 atom stereocenters. The molecule has 6 heteroatoms. The molecule has 0 unspecified atom stereocenters. The minimum atomic E-state index is -0.927. The minimum Gasteiger partial charge on any atom is -0.354 e. The van der Waals surface area contributed by atoms with Gasteiger partial charge < -0.3 is 10.6 Å². The monoisotopic (exact) mass is 264 g/mol. The first-order valence-corrected chi connectivity index (χ1v) is 5.98. The van der Waals surface area contributed by atoms with Crippen molar-refractivity contribution in [1.29, 1.82) is 0 Å². The van der Waals surface area contributed by atoms with Crippen molar-refractivity contribution in [2.45, 2.75) is 13.3 Å². The van der Waals surface area contributed by atoms with Crippen molar-refractivity contribution in [2.24, 2.45) is 0 Å². The Hall–Kier alpha value is -2.24. The largest absolute Gasteiger partial charge is 0.354 e. The summed E-state index contributed by atoms with van der Waals surface area (Å²) in [5.41, 5.74) is 0.0418. The second kappa shape index (κ2) is 6.08. The van der Waals surface area contributed by atoms with E-state index in [1.54, 1.807) is 12.3 Å². The number of anilines is 3. The number of halogens is 2. The molecule has 0 fully saturated rings. The van der Waals surface area contributed by atoms with Gasteiger partial charge in [-0.3, -0.25) is 0 Å². The molecular formula is C13H14F2N4. The molecule has 0 aliphatic carbocycles. The van der Waals surface area contributed by atoms with Gasteiger partial charge in [0, 0.05) is 12.7 Å². The van der Waals surface area contributed by atoms with Crippen molar-refractivity contribution in [3.63, 3.8) is 0 Å². The molecule has 1 aromatic carbocycles. The average molecular weight is 264 g/mol. The Morgan fingerprint density at radius 1 is 1.21 bits per heavy atom. The first-order valence-electron chi connectivity index (χ1n) is 5.98. The van der Waals surface area contributed by atoms with Crippen LogP contribution in [0.5, 0.6) is 0 Å². The molecule has 0 saturated heterocycles. The normalized spacial score (nSPS) is 10.3. The lowest BCUT2D eigenvalue weighted by Crippen LogP contribution is -2.06. The zero-order valence-electron chi connectivity index (χ0n) is 10.5. The summed E-state index contributed by atoms with van der Waals surface area (Å²) in [4.78, 5) is 8.18. The van der Waals surface area contributed by atoms with Gasteiger partial charge in [0.05, 0.1) is 5.69 Å². The second-order valence-corrected chi connectivity index (χ2v) is 3.92. The number of benzene rings is 1. The van der Waals surface area contributed by atoms with Gasteiger partial charge in [0.15, 0.2) is 11.6 Å². The van der Waals surface area contributed by atoms with Gasteiger partial charge in [-0.25, -0.2) is 13.8 Å². The van der Waals surface area contributed by atoms with Crippen LogP contribution < -0.4 is 10.6 Å². The predicted octanol–water partition coefficient (Wildman–Crippen LogP) is 3.32. The molecule has 0 spiro atoms. The molecule has 0 radical (unpaired) electrons. The predicted molar refractivity (Wildman–Crippen MR) is 70.5 cm³/mol. The van der Waals surface area contributed by atoms with Crippen LogP contribution in [0.15, 0.2) is 30.5 Å². The van der Waals surface area contributed by atoms with Gasteiger partial charge in [0.25, 0.3) is 0 Å². The van der Waals surface area contributed by atoms with E-state index in [4.69, 9.17) is 0 Å². The van der Waals surface area contributed by atoms with Crippen LogP contribution in [0.2, 0.25) is 0 Å². The van der Waals surface area contributed by atoms with E-state index in [9.17, 15) is 8.78 Å². The summed E-state index contributed by atoms with van der Waals surface area (Å²) in [5.74, 6) is -0.977. The Balaban J connectivity index is 2.16. The van der Waals surface area contributed by atoms with Gasteiger partial charge in [0.1, 0.15) is 5.82 Å². The SMILES string of the molecule is CCCNc1nccc(Nc2cccc(F)c2F)n1. The van der Waals surface area contributed by atoms with Crippen LogP contribution in [0.3, 0.4) is 0 Å². The Morgan fingerprint density at radius 3 is 2.84 bits per heavy atom. The zero-order valence-corrected chi connectivity index (χ0v) is 10.5. The summed E-state index contributed by atoms with van der Waals surface area (Å²) < 4.78 is 26.6. The third-order valence-electron chi connectivity index (χ3n) is 2.40. The molecule has 1 aromatic heterocycles. The Bertz CT molecular complexity index is 560. The van der Waals surface area contributed by atoms with Gasteiger partial charge in [0.2, 0.25) is 5.95 Å². The van der Waals surface area contributed by atoms with E-state index in [2.05, 4.69) is 20.6 Å². The highest BCUT2D eigenvalue weighted by molar-refractivity contribution is 5.57. The van der Waals surface area contributed by atoms with E-state index in [0.29, 0.717) is 11.8 Å². The Kier molecular flexibility index (Phi) is 4.22. The molecule has 19 heavy (non-hydrogen) atoms. The summed E-state index contributed by atoms with van der Waals surface area (Å²) in [6.07, 6.45) is 2.49. The molecule has 1 heterocycles. The molecule has 2 aromatic rings. The molecule has 2 N–H and O–H groups in total. The highest BCUT2D eigenvalue weighted by Gasteiger charge is 2.08. The van der Waals surface area contributed by atoms with Gasteiger partial charge in [-0.05, 0) is 24.6 Å². The number of hydrogen-bond acceptors (Lipinski definition) is 4. The lowest BCUT2D eigenvalue weighted by molar-refractivity contribution is 0.511. The third kappa shape index (κ3) is 3.37. The van der Waals surface area contributed by atoms with Crippen molar-refractivity contribution in [3.05, 3.63) is 42.1 Å². The Morgan fingerprint density at radius 2 is 2.05 bits per heavy atom. The fourth-order valence-corrected chi connectivity index (χ4v) is 1.49. The first kappa shape index (κ1) is 13.2.